The van der Waals surface area contributed by atoms with Gasteiger partial charge in [0.25, 0.3) is 0 Å². The summed E-state index contributed by atoms with van der Waals surface area (Å²) in [7, 11) is 0. The molecule has 1 atom stereocenters. The van der Waals surface area contributed by atoms with E-state index in [-0.39, 0.29) is 5.25 Å². The van der Waals surface area contributed by atoms with Gasteiger partial charge in [-0.1, -0.05) is 36.2 Å². The third-order valence-electron chi connectivity index (χ3n) is 3.51. The van der Waals surface area contributed by atoms with E-state index in [0.29, 0.717) is 12.6 Å². The minimum atomic E-state index is 0.152. The lowest BCUT2D eigenvalue weighted by Crippen LogP contribution is -2.12. The molecule has 108 valence electrons. The van der Waals surface area contributed by atoms with Crippen LogP contribution in [0.5, 0.6) is 0 Å². The second-order valence-corrected chi connectivity index (χ2v) is 7.74. The molecule has 1 aliphatic rings. The fourth-order valence-electron chi connectivity index (χ4n) is 2.49. The molecule has 1 fully saturated rings. The van der Waals surface area contributed by atoms with Gasteiger partial charge in [-0.25, -0.2) is 4.68 Å². The molecule has 20 heavy (non-hydrogen) atoms. The Morgan fingerprint density at radius 2 is 2.25 bits per heavy atom. The van der Waals surface area contributed by atoms with Gasteiger partial charge in [0.1, 0.15) is 0 Å². The van der Waals surface area contributed by atoms with Crippen molar-refractivity contribution in [2.24, 2.45) is 5.73 Å². The number of hydrogen-bond acceptors (Lipinski definition) is 6. The van der Waals surface area contributed by atoms with Crippen molar-refractivity contribution < 1.29 is 0 Å². The van der Waals surface area contributed by atoms with Crippen molar-refractivity contribution in [3.63, 3.8) is 0 Å². The minimum Gasteiger partial charge on any atom is -0.329 e. The lowest BCUT2D eigenvalue weighted by molar-refractivity contribution is 0.422. The molecular formula is C12H16ClN5S2. The fraction of sp³-hybridized carbons (Fsp3) is 0.583. The third kappa shape index (κ3) is 3.00. The van der Waals surface area contributed by atoms with Crippen molar-refractivity contribution in [1.29, 1.82) is 0 Å². The van der Waals surface area contributed by atoms with Gasteiger partial charge in [0, 0.05) is 11.4 Å². The van der Waals surface area contributed by atoms with Gasteiger partial charge in [-0.3, -0.25) is 0 Å². The number of thiophene rings is 1. The molecule has 2 aromatic rings. The Bertz CT molecular complexity index is 564. The standard InChI is InChI=1S/C12H16ClN5S2/c13-11-6-5-9(19-11)10(7-14)20-12-15-16-17-18(12)8-3-1-2-4-8/h5-6,8,10H,1-4,7,14H2. The van der Waals surface area contributed by atoms with E-state index < -0.39 is 0 Å². The van der Waals surface area contributed by atoms with E-state index in [4.69, 9.17) is 17.3 Å². The molecule has 0 aromatic carbocycles. The van der Waals surface area contributed by atoms with E-state index in [0.717, 1.165) is 22.3 Å². The highest BCUT2D eigenvalue weighted by Crippen LogP contribution is 2.39. The third-order valence-corrected chi connectivity index (χ3v) is 6.21. The highest BCUT2D eigenvalue weighted by molar-refractivity contribution is 7.99. The minimum absolute atomic E-state index is 0.152. The molecule has 2 N–H and O–H groups in total. The van der Waals surface area contributed by atoms with Crippen LogP contribution in [-0.2, 0) is 0 Å². The number of halogens is 1. The number of thioether (sulfide) groups is 1. The Hall–Kier alpha value is -0.630. The van der Waals surface area contributed by atoms with Gasteiger partial charge in [-0.05, 0) is 35.4 Å². The average Bonchev–Trinajstić information content (AvgIpc) is 3.16. The van der Waals surface area contributed by atoms with Crippen molar-refractivity contribution >= 4 is 34.7 Å². The average molecular weight is 330 g/mol. The van der Waals surface area contributed by atoms with Crippen LogP contribution in [0.4, 0.5) is 0 Å². The second-order valence-electron chi connectivity index (χ2n) is 4.83. The molecule has 3 rings (SSSR count). The number of nitrogens with two attached hydrogens (primary N) is 1. The molecule has 1 aliphatic carbocycles. The van der Waals surface area contributed by atoms with Gasteiger partial charge >= 0.3 is 0 Å². The Kier molecular flexibility index (Phi) is 4.60. The van der Waals surface area contributed by atoms with Crippen LogP contribution < -0.4 is 5.73 Å². The summed E-state index contributed by atoms with van der Waals surface area (Å²) in [6.07, 6.45) is 4.85. The van der Waals surface area contributed by atoms with Crippen LogP contribution >= 0.6 is 34.7 Å². The topological polar surface area (TPSA) is 69.6 Å². The van der Waals surface area contributed by atoms with E-state index in [1.165, 1.54) is 17.7 Å². The van der Waals surface area contributed by atoms with Crippen molar-refractivity contribution in [3.8, 4) is 0 Å². The van der Waals surface area contributed by atoms with Gasteiger partial charge in [-0.2, -0.15) is 0 Å². The highest BCUT2D eigenvalue weighted by Gasteiger charge is 2.24. The summed E-state index contributed by atoms with van der Waals surface area (Å²) in [5.74, 6) is 0. The summed E-state index contributed by atoms with van der Waals surface area (Å²) >= 11 is 9.20. The van der Waals surface area contributed by atoms with Gasteiger partial charge in [0.2, 0.25) is 5.16 Å². The molecule has 8 heteroatoms. The van der Waals surface area contributed by atoms with Crippen molar-refractivity contribution in [2.75, 3.05) is 6.54 Å². The van der Waals surface area contributed by atoms with Crippen molar-refractivity contribution in [1.82, 2.24) is 20.2 Å². The lowest BCUT2D eigenvalue weighted by Gasteiger charge is -2.14. The Labute approximate surface area is 130 Å². The summed E-state index contributed by atoms with van der Waals surface area (Å²) in [5, 5.41) is 13.2. The maximum absolute atomic E-state index is 6.00. The van der Waals surface area contributed by atoms with Crippen LogP contribution in [0.1, 0.15) is 41.9 Å². The smallest absolute Gasteiger partial charge is 0.210 e. The zero-order chi connectivity index (χ0) is 13.9. The Morgan fingerprint density at radius 1 is 1.45 bits per heavy atom. The summed E-state index contributed by atoms with van der Waals surface area (Å²) in [5.41, 5.74) is 5.90. The normalized spacial score (nSPS) is 17.7. The van der Waals surface area contributed by atoms with Gasteiger partial charge < -0.3 is 5.73 Å². The van der Waals surface area contributed by atoms with E-state index in [1.807, 2.05) is 16.8 Å². The van der Waals surface area contributed by atoms with Crippen LogP contribution in [0.15, 0.2) is 17.3 Å². The lowest BCUT2D eigenvalue weighted by atomic mass is 10.3. The Balaban J connectivity index is 1.77. The summed E-state index contributed by atoms with van der Waals surface area (Å²) in [6, 6.07) is 4.38. The summed E-state index contributed by atoms with van der Waals surface area (Å²) < 4.78 is 2.75. The molecule has 0 bridgehead atoms. The summed E-state index contributed by atoms with van der Waals surface area (Å²) in [6.45, 7) is 0.541. The molecule has 0 aliphatic heterocycles. The monoisotopic (exact) mass is 329 g/mol. The van der Waals surface area contributed by atoms with Crippen LogP contribution in [-0.4, -0.2) is 26.8 Å². The predicted molar refractivity (Wildman–Crippen MR) is 82.3 cm³/mol. The zero-order valence-electron chi connectivity index (χ0n) is 10.9. The molecular weight excluding hydrogens is 314 g/mol. The highest BCUT2D eigenvalue weighted by atomic mass is 35.5. The molecule has 2 heterocycles. The summed E-state index contributed by atoms with van der Waals surface area (Å²) in [4.78, 5) is 1.17. The first kappa shape index (κ1) is 14.3. The first-order valence-electron chi connectivity index (χ1n) is 6.67. The number of aromatic nitrogens is 4. The van der Waals surface area contributed by atoms with Gasteiger partial charge in [-0.15, -0.1) is 16.4 Å². The van der Waals surface area contributed by atoms with E-state index >= 15 is 0 Å². The first-order chi connectivity index (χ1) is 9.78. The molecule has 1 saturated carbocycles. The number of rotatable bonds is 5. The van der Waals surface area contributed by atoms with E-state index in [9.17, 15) is 0 Å². The van der Waals surface area contributed by atoms with Crippen LogP contribution in [0.25, 0.3) is 0 Å². The van der Waals surface area contributed by atoms with Crippen molar-refractivity contribution in [3.05, 3.63) is 21.3 Å². The first-order valence-corrected chi connectivity index (χ1v) is 8.75. The molecule has 5 nitrogen and oxygen atoms in total. The molecule has 1 unspecified atom stereocenters. The fourth-order valence-corrected chi connectivity index (χ4v) is 4.76. The molecule has 0 amide bonds. The predicted octanol–water partition coefficient (Wildman–Crippen LogP) is 3.30. The molecule has 0 radical (unpaired) electrons. The quantitative estimate of drug-likeness (QED) is 0.852. The SMILES string of the molecule is NCC(Sc1nnnn1C1CCCC1)c1ccc(Cl)s1. The Morgan fingerprint density at radius 3 is 2.90 bits per heavy atom. The second kappa shape index (κ2) is 6.43. The van der Waals surface area contributed by atoms with Crippen LogP contribution in [0.3, 0.4) is 0 Å². The van der Waals surface area contributed by atoms with E-state index in [1.54, 1.807) is 23.1 Å². The van der Waals surface area contributed by atoms with Crippen molar-refractivity contribution in [2.45, 2.75) is 42.1 Å². The number of nitrogens with zero attached hydrogens (tertiary/aromatic N) is 4. The zero-order valence-corrected chi connectivity index (χ0v) is 13.3. The maximum Gasteiger partial charge on any atom is 0.210 e. The van der Waals surface area contributed by atoms with E-state index in [2.05, 4.69) is 15.5 Å². The molecule has 2 aromatic heterocycles. The maximum atomic E-state index is 6.00. The molecule has 0 saturated heterocycles. The van der Waals surface area contributed by atoms with Crippen LogP contribution in [0, 0.1) is 0 Å². The van der Waals surface area contributed by atoms with Gasteiger partial charge in [0.05, 0.1) is 15.6 Å². The van der Waals surface area contributed by atoms with Crippen LogP contribution in [0.2, 0.25) is 4.34 Å². The van der Waals surface area contributed by atoms with Gasteiger partial charge in [0.15, 0.2) is 0 Å². The molecule has 0 spiro atoms. The number of hydrogen-bond donors (Lipinski definition) is 1. The largest absolute Gasteiger partial charge is 0.329 e. The number of tetrazole rings is 1.